The summed E-state index contributed by atoms with van der Waals surface area (Å²) in [6, 6.07) is 21.8. The predicted octanol–water partition coefficient (Wildman–Crippen LogP) is 6.30. The number of carbonyl (C=O) groups is 1. The molecule has 3 nitrogen and oxygen atoms in total. The van der Waals surface area contributed by atoms with E-state index < -0.39 is 5.82 Å². The monoisotopic (exact) mass is 391 g/mol. The molecule has 5 heteroatoms. The predicted molar refractivity (Wildman–Crippen MR) is 110 cm³/mol. The van der Waals surface area contributed by atoms with Crippen molar-refractivity contribution in [1.82, 2.24) is 0 Å². The number of carbonyl (C=O) groups excluding carboxylic acids is 1. The van der Waals surface area contributed by atoms with Crippen molar-refractivity contribution in [2.45, 2.75) is 13.5 Å². The van der Waals surface area contributed by atoms with Crippen LogP contribution in [0.15, 0.2) is 83.5 Å². The molecule has 0 bridgehead atoms. The average Bonchev–Trinajstić information content (AvgIpc) is 3.39. The zero-order valence-corrected chi connectivity index (χ0v) is 16.1. The van der Waals surface area contributed by atoms with Crippen molar-refractivity contribution in [3.05, 3.63) is 101 Å². The van der Waals surface area contributed by atoms with Gasteiger partial charge in [0.05, 0.1) is 18.5 Å². The van der Waals surface area contributed by atoms with Gasteiger partial charge in [-0.05, 0) is 48.9 Å². The lowest BCUT2D eigenvalue weighted by Gasteiger charge is -2.21. The number of hydrogen-bond acceptors (Lipinski definition) is 3. The number of nitrogens with zero attached hydrogens (tertiary/aromatic N) is 1. The van der Waals surface area contributed by atoms with E-state index in [9.17, 15) is 9.18 Å². The Bertz CT molecular complexity index is 1100. The van der Waals surface area contributed by atoms with Crippen molar-refractivity contribution in [3.63, 3.8) is 0 Å². The first kappa shape index (κ1) is 18.2. The molecule has 0 saturated heterocycles. The van der Waals surface area contributed by atoms with Gasteiger partial charge >= 0.3 is 0 Å². The molecule has 0 fully saturated rings. The third-order valence-corrected chi connectivity index (χ3v) is 5.52. The second-order valence-corrected chi connectivity index (χ2v) is 7.62. The van der Waals surface area contributed by atoms with E-state index in [1.165, 1.54) is 22.8 Å². The highest BCUT2D eigenvalue weighted by Crippen LogP contribution is 2.31. The summed E-state index contributed by atoms with van der Waals surface area (Å²) >= 11 is 1.59. The number of benzene rings is 2. The van der Waals surface area contributed by atoms with Gasteiger partial charge in [0.2, 0.25) is 0 Å². The fraction of sp³-hybridized carbons (Fsp3) is 0.0870. The standard InChI is InChI=1S/C23H18FNO2S/c1-16-6-4-7-17(14-16)22-12-11-18(28-22)15-25(20-9-3-2-8-19(20)24)23(26)21-10-5-13-27-21/h2-14H,15H2,1H3. The molecule has 2 aromatic heterocycles. The molecule has 0 aliphatic heterocycles. The van der Waals surface area contributed by atoms with Crippen molar-refractivity contribution in [1.29, 1.82) is 0 Å². The van der Waals surface area contributed by atoms with Gasteiger partial charge in [0.25, 0.3) is 5.91 Å². The lowest BCUT2D eigenvalue weighted by atomic mass is 10.1. The van der Waals surface area contributed by atoms with Crippen LogP contribution in [0.25, 0.3) is 10.4 Å². The van der Waals surface area contributed by atoms with Gasteiger partial charge in [-0.3, -0.25) is 9.69 Å². The Hall–Kier alpha value is -3.18. The van der Waals surface area contributed by atoms with Crippen LogP contribution in [0.4, 0.5) is 10.1 Å². The second-order valence-electron chi connectivity index (χ2n) is 6.46. The molecule has 1 amide bonds. The molecular formula is C23H18FNO2S. The third kappa shape index (κ3) is 3.75. The number of para-hydroxylation sites is 1. The molecule has 2 aromatic carbocycles. The molecule has 0 spiro atoms. The maximum atomic E-state index is 14.4. The van der Waals surface area contributed by atoms with E-state index in [-0.39, 0.29) is 23.9 Å². The molecule has 0 unspecified atom stereocenters. The Morgan fingerprint density at radius 3 is 2.64 bits per heavy atom. The summed E-state index contributed by atoms with van der Waals surface area (Å²) in [6.07, 6.45) is 1.44. The van der Waals surface area contributed by atoms with Gasteiger partial charge in [0.1, 0.15) is 5.82 Å². The molecule has 0 atom stereocenters. The first-order valence-corrected chi connectivity index (χ1v) is 9.69. The summed E-state index contributed by atoms with van der Waals surface area (Å²) in [5, 5.41) is 0. The topological polar surface area (TPSA) is 33.5 Å². The number of thiophene rings is 1. The number of amides is 1. The number of halogens is 1. The van der Waals surface area contributed by atoms with Gasteiger partial charge in [-0.1, -0.05) is 42.0 Å². The molecule has 28 heavy (non-hydrogen) atoms. The zero-order valence-electron chi connectivity index (χ0n) is 15.3. The van der Waals surface area contributed by atoms with Crippen LogP contribution < -0.4 is 4.90 Å². The zero-order chi connectivity index (χ0) is 19.5. The minimum absolute atomic E-state index is 0.179. The van der Waals surface area contributed by atoms with Crippen LogP contribution in [0.1, 0.15) is 21.0 Å². The van der Waals surface area contributed by atoms with Crippen LogP contribution >= 0.6 is 11.3 Å². The third-order valence-electron chi connectivity index (χ3n) is 4.40. The minimum Gasteiger partial charge on any atom is -0.459 e. The summed E-state index contributed by atoms with van der Waals surface area (Å²) in [5.41, 5.74) is 2.55. The molecule has 0 radical (unpaired) electrons. The summed E-state index contributed by atoms with van der Waals surface area (Å²) in [6.45, 7) is 2.32. The number of furan rings is 1. The fourth-order valence-corrected chi connectivity index (χ4v) is 4.04. The summed E-state index contributed by atoms with van der Waals surface area (Å²) < 4.78 is 19.7. The smallest absolute Gasteiger partial charge is 0.294 e. The molecule has 0 saturated carbocycles. The van der Waals surface area contributed by atoms with E-state index >= 15 is 0 Å². The highest BCUT2D eigenvalue weighted by atomic mass is 32.1. The van der Waals surface area contributed by atoms with Crippen LogP contribution in [0.3, 0.4) is 0 Å². The average molecular weight is 391 g/mol. The van der Waals surface area contributed by atoms with Crippen molar-refractivity contribution in [3.8, 4) is 10.4 Å². The van der Waals surface area contributed by atoms with E-state index in [2.05, 4.69) is 25.1 Å². The van der Waals surface area contributed by atoms with Gasteiger partial charge in [0.15, 0.2) is 5.76 Å². The Balaban J connectivity index is 1.67. The number of aryl methyl sites for hydroxylation is 1. The van der Waals surface area contributed by atoms with Crippen LogP contribution in [0.5, 0.6) is 0 Å². The molecular weight excluding hydrogens is 373 g/mol. The van der Waals surface area contributed by atoms with Crippen molar-refractivity contribution < 1.29 is 13.6 Å². The van der Waals surface area contributed by atoms with E-state index in [4.69, 9.17) is 4.42 Å². The van der Waals surface area contributed by atoms with Crippen LogP contribution in [-0.4, -0.2) is 5.91 Å². The minimum atomic E-state index is -0.446. The largest absolute Gasteiger partial charge is 0.459 e. The van der Waals surface area contributed by atoms with Crippen molar-refractivity contribution >= 4 is 22.9 Å². The summed E-state index contributed by atoms with van der Waals surface area (Å²) in [4.78, 5) is 16.4. The lowest BCUT2D eigenvalue weighted by molar-refractivity contribution is 0.0957. The van der Waals surface area contributed by atoms with Gasteiger partial charge in [0, 0.05) is 9.75 Å². The van der Waals surface area contributed by atoms with Crippen LogP contribution in [-0.2, 0) is 6.54 Å². The van der Waals surface area contributed by atoms with Crippen LogP contribution in [0.2, 0.25) is 0 Å². The Kier molecular flexibility index (Phi) is 5.08. The number of rotatable bonds is 5. The molecule has 4 rings (SSSR count). The van der Waals surface area contributed by atoms with Gasteiger partial charge in [-0.15, -0.1) is 11.3 Å². The Morgan fingerprint density at radius 1 is 1.04 bits per heavy atom. The number of anilines is 1. The Morgan fingerprint density at radius 2 is 1.89 bits per heavy atom. The lowest BCUT2D eigenvalue weighted by Crippen LogP contribution is -2.30. The van der Waals surface area contributed by atoms with E-state index in [1.807, 2.05) is 18.2 Å². The first-order chi connectivity index (χ1) is 13.6. The highest BCUT2D eigenvalue weighted by Gasteiger charge is 2.23. The number of hydrogen-bond donors (Lipinski definition) is 0. The van der Waals surface area contributed by atoms with Gasteiger partial charge < -0.3 is 4.42 Å². The van der Waals surface area contributed by atoms with Crippen LogP contribution in [0, 0.1) is 12.7 Å². The SMILES string of the molecule is Cc1cccc(-c2ccc(CN(C(=O)c3ccco3)c3ccccc3F)s2)c1. The molecule has 0 aliphatic carbocycles. The fourth-order valence-electron chi connectivity index (χ4n) is 3.04. The van der Waals surface area contributed by atoms with E-state index in [0.29, 0.717) is 0 Å². The summed E-state index contributed by atoms with van der Waals surface area (Å²) in [7, 11) is 0. The normalized spacial score (nSPS) is 10.8. The highest BCUT2D eigenvalue weighted by molar-refractivity contribution is 7.15. The first-order valence-electron chi connectivity index (χ1n) is 8.87. The van der Waals surface area contributed by atoms with Gasteiger partial charge in [-0.2, -0.15) is 0 Å². The molecule has 0 N–H and O–H groups in total. The maximum absolute atomic E-state index is 14.4. The van der Waals surface area contributed by atoms with Gasteiger partial charge in [-0.25, -0.2) is 4.39 Å². The quantitative estimate of drug-likeness (QED) is 0.400. The molecule has 140 valence electrons. The van der Waals surface area contributed by atoms with Crippen molar-refractivity contribution in [2.75, 3.05) is 4.90 Å². The molecule has 0 aliphatic rings. The molecule has 4 aromatic rings. The van der Waals surface area contributed by atoms with Crippen molar-refractivity contribution in [2.24, 2.45) is 0 Å². The second kappa shape index (κ2) is 7.82. The Labute approximate surface area is 166 Å². The maximum Gasteiger partial charge on any atom is 0.294 e. The van der Waals surface area contributed by atoms with E-state index in [1.54, 1.807) is 41.7 Å². The van der Waals surface area contributed by atoms with E-state index in [0.717, 1.165) is 15.3 Å². The molecule has 2 heterocycles. The summed E-state index contributed by atoms with van der Waals surface area (Å²) in [5.74, 6) is -0.641.